The van der Waals surface area contributed by atoms with E-state index in [2.05, 4.69) is 0 Å². The molecule has 1 atom stereocenters. The Morgan fingerprint density at radius 3 is 2.25 bits per heavy atom. The van der Waals surface area contributed by atoms with Crippen molar-refractivity contribution < 1.29 is 19.4 Å². The maximum absolute atomic E-state index is 11.7. The lowest BCUT2D eigenvalue weighted by molar-refractivity contribution is -0.136. The number of rotatable bonds is 5. The van der Waals surface area contributed by atoms with Crippen LogP contribution in [0.25, 0.3) is 0 Å². The lowest BCUT2D eigenvalue weighted by Gasteiger charge is -2.22. The number of nitrogens with zero attached hydrogens (tertiary/aromatic N) is 1. The second-order valence-electron chi connectivity index (χ2n) is 4.39. The van der Waals surface area contributed by atoms with Crippen molar-refractivity contribution in [2.45, 2.75) is 32.1 Å². The summed E-state index contributed by atoms with van der Waals surface area (Å²) >= 11 is 0. The topological polar surface area (TPSA) is 77.8 Å². The van der Waals surface area contributed by atoms with Gasteiger partial charge in [0.05, 0.1) is 12.7 Å². The van der Waals surface area contributed by atoms with Gasteiger partial charge in [0.15, 0.2) is 0 Å². The lowest BCUT2D eigenvalue weighted by Crippen LogP contribution is -2.26. The summed E-state index contributed by atoms with van der Waals surface area (Å²) in [5.74, 6) is -1.01. The highest BCUT2D eigenvalue weighted by molar-refractivity contribution is 7.57. The van der Waals surface area contributed by atoms with Crippen molar-refractivity contribution in [3.63, 3.8) is 0 Å². The molecule has 1 fully saturated rings. The van der Waals surface area contributed by atoms with Gasteiger partial charge in [0.1, 0.15) is 0 Å². The van der Waals surface area contributed by atoms with Crippen LogP contribution in [0.15, 0.2) is 0 Å². The second-order valence-corrected chi connectivity index (χ2v) is 6.81. The molecule has 0 amide bonds. The molecular formula is C10H20NO4P. The minimum Gasteiger partial charge on any atom is -0.481 e. The Labute approximate surface area is 95.9 Å². The summed E-state index contributed by atoms with van der Waals surface area (Å²) in [6.07, 6.45) is 4.32. The zero-order valence-corrected chi connectivity index (χ0v) is 10.4. The summed E-state index contributed by atoms with van der Waals surface area (Å²) < 4.78 is 11.7. The highest BCUT2D eigenvalue weighted by atomic mass is 31.2. The Balaban J connectivity index is 2.37. The first-order valence-electron chi connectivity index (χ1n) is 5.74. The highest BCUT2D eigenvalue weighted by Gasteiger charge is 2.23. The number of likely N-dealkylation sites (tertiary alicyclic amines) is 1. The van der Waals surface area contributed by atoms with Gasteiger partial charge in [0.2, 0.25) is 7.37 Å². The molecule has 0 bridgehead atoms. The third-order valence-corrected chi connectivity index (χ3v) is 4.56. The molecule has 0 aromatic rings. The first-order valence-corrected chi connectivity index (χ1v) is 7.78. The molecule has 6 heteroatoms. The molecule has 16 heavy (non-hydrogen) atoms. The van der Waals surface area contributed by atoms with Crippen LogP contribution < -0.4 is 0 Å². The number of hydrogen-bond donors (Lipinski definition) is 2. The van der Waals surface area contributed by atoms with Gasteiger partial charge < -0.3 is 10.00 Å². The van der Waals surface area contributed by atoms with E-state index < -0.39 is 13.3 Å². The minimum atomic E-state index is -3.29. The molecule has 1 heterocycles. The van der Waals surface area contributed by atoms with Crippen LogP contribution in [0.4, 0.5) is 0 Å². The molecule has 2 N–H and O–H groups in total. The van der Waals surface area contributed by atoms with Crippen molar-refractivity contribution in [2.24, 2.45) is 0 Å². The fourth-order valence-corrected chi connectivity index (χ4v) is 3.52. The fraction of sp³-hybridized carbons (Fsp3) is 0.900. The van der Waals surface area contributed by atoms with E-state index in [-0.39, 0.29) is 18.9 Å². The maximum Gasteiger partial charge on any atom is 0.303 e. The number of hydrogen-bond acceptors (Lipinski definition) is 3. The average molecular weight is 249 g/mol. The minimum absolute atomic E-state index is 0.112. The third kappa shape index (κ3) is 5.64. The molecule has 1 unspecified atom stereocenters. The van der Waals surface area contributed by atoms with Gasteiger partial charge in [-0.05, 0) is 25.9 Å². The van der Waals surface area contributed by atoms with Crippen molar-refractivity contribution in [3.05, 3.63) is 0 Å². The zero-order chi connectivity index (χ0) is 12.0. The van der Waals surface area contributed by atoms with Crippen molar-refractivity contribution >= 4 is 13.3 Å². The van der Waals surface area contributed by atoms with Gasteiger partial charge in [-0.15, -0.1) is 0 Å². The lowest BCUT2D eigenvalue weighted by atomic mass is 10.2. The molecular weight excluding hydrogens is 229 g/mol. The van der Waals surface area contributed by atoms with Gasteiger partial charge >= 0.3 is 5.97 Å². The van der Waals surface area contributed by atoms with Gasteiger partial charge in [-0.2, -0.15) is 0 Å². The Morgan fingerprint density at radius 1 is 1.19 bits per heavy atom. The monoisotopic (exact) mass is 249 g/mol. The van der Waals surface area contributed by atoms with Crippen LogP contribution in [-0.2, 0) is 9.36 Å². The predicted molar refractivity (Wildman–Crippen MR) is 61.9 cm³/mol. The first kappa shape index (κ1) is 13.7. The number of carbonyl (C=O) groups is 1. The summed E-state index contributed by atoms with van der Waals surface area (Å²) in [4.78, 5) is 22.0. The molecule has 1 rings (SSSR count). The van der Waals surface area contributed by atoms with Gasteiger partial charge in [-0.25, -0.2) is 0 Å². The quantitative estimate of drug-likeness (QED) is 0.723. The van der Waals surface area contributed by atoms with E-state index >= 15 is 0 Å². The van der Waals surface area contributed by atoms with Crippen LogP contribution in [-0.4, -0.2) is 46.4 Å². The predicted octanol–water partition coefficient (Wildman–Crippen LogP) is 1.56. The molecule has 0 saturated carbocycles. The smallest absolute Gasteiger partial charge is 0.303 e. The van der Waals surface area contributed by atoms with Crippen molar-refractivity contribution in [1.82, 2.24) is 4.90 Å². The third-order valence-electron chi connectivity index (χ3n) is 2.79. The van der Waals surface area contributed by atoms with Gasteiger partial charge in [-0.3, -0.25) is 14.3 Å². The zero-order valence-electron chi connectivity index (χ0n) is 9.47. The molecule has 0 aromatic carbocycles. The largest absolute Gasteiger partial charge is 0.481 e. The molecule has 5 nitrogen and oxygen atoms in total. The molecule has 1 aliphatic heterocycles. The van der Waals surface area contributed by atoms with E-state index in [9.17, 15) is 14.3 Å². The van der Waals surface area contributed by atoms with E-state index in [1.54, 1.807) is 0 Å². The average Bonchev–Trinajstić information content (AvgIpc) is 2.43. The summed E-state index contributed by atoms with van der Waals surface area (Å²) in [6, 6.07) is 0. The van der Waals surface area contributed by atoms with Crippen molar-refractivity contribution in [1.29, 1.82) is 0 Å². The van der Waals surface area contributed by atoms with E-state index in [4.69, 9.17) is 5.11 Å². The summed E-state index contributed by atoms with van der Waals surface area (Å²) in [5, 5.41) is 8.48. The van der Waals surface area contributed by atoms with E-state index in [1.807, 2.05) is 4.90 Å². The Hall–Kier alpha value is -0.380. The summed E-state index contributed by atoms with van der Waals surface area (Å²) in [5.41, 5.74) is 0. The standard InChI is InChI=1S/C10H20NO4P/c12-10(13)5-8-16(14,15)9-11-6-3-1-2-4-7-11/h1-9H2,(H,12,13)(H,14,15). The molecule has 0 radical (unpaired) electrons. The molecule has 1 saturated heterocycles. The Morgan fingerprint density at radius 2 is 1.75 bits per heavy atom. The van der Waals surface area contributed by atoms with Gasteiger partial charge in [0.25, 0.3) is 0 Å². The van der Waals surface area contributed by atoms with E-state index in [0.717, 1.165) is 25.9 Å². The SMILES string of the molecule is O=C(O)CCP(=O)(O)CN1CCCCCC1. The molecule has 0 aromatic heterocycles. The molecule has 0 spiro atoms. The Kier molecular flexibility index (Phi) is 5.46. The summed E-state index contributed by atoms with van der Waals surface area (Å²) in [6.45, 7) is 1.72. The van der Waals surface area contributed by atoms with E-state index in [0.29, 0.717) is 0 Å². The van der Waals surface area contributed by atoms with Crippen molar-refractivity contribution in [2.75, 3.05) is 25.5 Å². The molecule has 94 valence electrons. The maximum atomic E-state index is 11.7. The van der Waals surface area contributed by atoms with Crippen LogP contribution >= 0.6 is 7.37 Å². The number of carboxylic acid groups (broad SMARTS) is 1. The van der Waals surface area contributed by atoms with Crippen LogP contribution in [0, 0.1) is 0 Å². The van der Waals surface area contributed by atoms with Gasteiger partial charge in [0, 0.05) is 6.16 Å². The van der Waals surface area contributed by atoms with Gasteiger partial charge in [-0.1, -0.05) is 12.8 Å². The fourth-order valence-electron chi connectivity index (χ4n) is 1.93. The molecule has 0 aliphatic carbocycles. The van der Waals surface area contributed by atoms with Crippen LogP contribution in [0.3, 0.4) is 0 Å². The van der Waals surface area contributed by atoms with Crippen LogP contribution in [0.2, 0.25) is 0 Å². The highest BCUT2D eigenvalue weighted by Crippen LogP contribution is 2.42. The number of aliphatic carboxylic acids is 1. The second kappa shape index (κ2) is 6.38. The normalized spacial score (nSPS) is 22.3. The van der Waals surface area contributed by atoms with E-state index in [1.165, 1.54) is 12.8 Å². The first-order chi connectivity index (χ1) is 7.49. The summed E-state index contributed by atoms with van der Waals surface area (Å²) in [7, 11) is -3.29. The van der Waals surface area contributed by atoms with Crippen LogP contribution in [0.1, 0.15) is 32.1 Å². The Bertz CT molecular complexity index is 274. The number of carboxylic acids is 1. The molecule has 1 aliphatic rings. The van der Waals surface area contributed by atoms with Crippen LogP contribution in [0.5, 0.6) is 0 Å². The van der Waals surface area contributed by atoms with Crippen molar-refractivity contribution in [3.8, 4) is 0 Å².